The highest BCUT2D eigenvalue weighted by molar-refractivity contribution is 6.07. The zero-order valence-corrected chi connectivity index (χ0v) is 18.3. The second-order valence-electron chi connectivity index (χ2n) is 7.44. The SMILES string of the molecule is CCOC(=O)N1CCC2(CC1)OC(=O)C(C)=C2C(=O)NCc1ccc(OC)c(OC)c1. The number of hydrogen-bond donors (Lipinski definition) is 1. The summed E-state index contributed by atoms with van der Waals surface area (Å²) in [6, 6.07) is 5.37. The van der Waals surface area contributed by atoms with E-state index in [9.17, 15) is 14.4 Å². The van der Waals surface area contributed by atoms with Crippen molar-refractivity contribution >= 4 is 18.0 Å². The van der Waals surface area contributed by atoms with Crippen molar-refractivity contribution in [3.05, 3.63) is 34.9 Å². The van der Waals surface area contributed by atoms with E-state index in [4.69, 9.17) is 18.9 Å². The largest absolute Gasteiger partial charge is 0.493 e. The van der Waals surface area contributed by atoms with Gasteiger partial charge in [0.05, 0.1) is 26.4 Å². The van der Waals surface area contributed by atoms with Gasteiger partial charge in [0.1, 0.15) is 5.60 Å². The zero-order chi connectivity index (χ0) is 22.6. The molecule has 2 aliphatic rings. The zero-order valence-electron chi connectivity index (χ0n) is 18.3. The van der Waals surface area contributed by atoms with Crippen LogP contribution in [0.2, 0.25) is 0 Å². The summed E-state index contributed by atoms with van der Waals surface area (Å²) in [7, 11) is 3.10. The Balaban J connectivity index is 1.72. The Bertz CT molecular complexity index is 901. The van der Waals surface area contributed by atoms with Crippen LogP contribution in [0.1, 0.15) is 32.3 Å². The van der Waals surface area contributed by atoms with Crippen LogP contribution in [0.25, 0.3) is 0 Å². The van der Waals surface area contributed by atoms with Crippen LogP contribution < -0.4 is 14.8 Å². The van der Waals surface area contributed by atoms with Gasteiger partial charge in [-0.2, -0.15) is 0 Å². The molecule has 1 aromatic carbocycles. The highest BCUT2D eigenvalue weighted by Gasteiger charge is 2.51. The van der Waals surface area contributed by atoms with Gasteiger partial charge in [0.25, 0.3) is 5.91 Å². The summed E-state index contributed by atoms with van der Waals surface area (Å²) in [5.41, 5.74) is 0.433. The minimum atomic E-state index is -1.02. The van der Waals surface area contributed by atoms with Gasteiger partial charge in [0, 0.05) is 38.0 Å². The minimum Gasteiger partial charge on any atom is -0.493 e. The van der Waals surface area contributed by atoms with Crippen molar-refractivity contribution in [2.75, 3.05) is 33.9 Å². The third kappa shape index (κ3) is 4.45. The number of ether oxygens (including phenoxy) is 4. The Labute approximate surface area is 181 Å². The average molecular weight is 432 g/mol. The van der Waals surface area contributed by atoms with Crippen molar-refractivity contribution in [2.45, 2.75) is 38.8 Å². The van der Waals surface area contributed by atoms with Gasteiger partial charge in [-0.05, 0) is 31.5 Å². The molecule has 3 rings (SSSR count). The topological polar surface area (TPSA) is 103 Å². The van der Waals surface area contributed by atoms with Crippen molar-refractivity contribution in [1.29, 1.82) is 0 Å². The number of likely N-dealkylation sites (tertiary alicyclic amines) is 1. The van der Waals surface area contributed by atoms with E-state index in [0.29, 0.717) is 48.6 Å². The number of nitrogens with zero attached hydrogens (tertiary/aromatic N) is 1. The first-order chi connectivity index (χ1) is 14.8. The molecule has 1 fully saturated rings. The molecule has 0 aromatic heterocycles. The van der Waals surface area contributed by atoms with Crippen molar-refractivity contribution in [3.63, 3.8) is 0 Å². The summed E-state index contributed by atoms with van der Waals surface area (Å²) in [5.74, 6) is 0.300. The molecule has 1 spiro atoms. The molecule has 0 aliphatic carbocycles. The molecule has 0 unspecified atom stereocenters. The Morgan fingerprint density at radius 1 is 1.16 bits per heavy atom. The molecule has 31 heavy (non-hydrogen) atoms. The van der Waals surface area contributed by atoms with Gasteiger partial charge in [0.15, 0.2) is 11.5 Å². The molecule has 0 bridgehead atoms. The minimum absolute atomic E-state index is 0.245. The first-order valence-corrected chi connectivity index (χ1v) is 10.2. The quantitative estimate of drug-likeness (QED) is 0.687. The maximum atomic E-state index is 13.1. The van der Waals surface area contributed by atoms with Crippen molar-refractivity contribution < 1.29 is 33.3 Å². The lowest BCUT2D eigenvalue weighted by Gasteiger charge is -2.38. The molecule has 0 saturated carbocycles. The molecular weight excluding hydrogens is 404 g/mol. The van der Waals surface area contributed by atoms with Crippen LogP contribution in [0.3, 0.4) is 0 Å². The summed E-state index contributed by atoms with van der Waals surface area (Å²) in [6.45, 7) is 4.56. The number of amides is 2. The molecule has 9 heteroatoms. The number of carbonyl (C=O) groups excluding carboxylic acids is 3. The Morgan fingerprint density at radius 2 is 1.84 bits per heavy atom. The number of rotatable bonds is 6. The number of piperidine rings is 1. The van der Waals surface area contributed by atoms with Gasteiger partial charge in [-0.15, -0.1) is 0 Å². The van der Waals surface area contributed by atoms with Crippen LogP contribution in [0, 0.1) is 0 Å². The van der Waals surface area contributed by atoms with E-state index in [2.05, 4.69) is 5.32 Å². The van der Waals surface area contributed by atoms with E-state index in [0.717, 1.165) is 5.56 Å². The predicted octanol–water partition coefficient (Wildman–Crippen LogP) is 2.18. The standard InChI is InChI=1S/C22H28N2O7/c1-5-30-21(27)24-10-8-22(9-11-24)18(14(2)20(26)31-22)19(25)23-13-15-6-7-16(28-3)17(12-15)29-4/h6-7,12H,5,8-11,13H2,1-4H3,(H,23,25). The van der Waals surface area contributed by atoms with E-state index in [1.54, 1.807) is 45.1 Å². The molecule has 9 nitrogen and oxygen atoms in total. The summed E-state index contributed by atoms with van der Waals surface area (Å²) >= 11 is 0. The fraction of sp³-hybridized carbons (Fsp3) is 0.500. The smallest absolute Gasteiger partial charge is 0.409 e. The van der Waals surface area contributed by atoms with Crippen LogP contribution in [0.4, 0.5) is 4.79 Å². The van der Waals surface area contributed by atoms with Crippen LogP contribution in [0.15, 0.2) is 29.3 Å². The highest BCUT2D eigenvalue weighted by atomic mass is 16.6. The van der Waals surface area contributed by atoms with Crippen molar-refractivity contribution in [2.24, 2.45) is 0 Å². The lowest BCUT2D eigenvalue weighted by molar-refractivity contribution is -0.150. The van der Waals surface area contributed by atoms with Crippen molar-refractivity contribution in [1.82, 2.24) is 10.2 Å². The lowest BCUT2D eigenvalue weighted by Crippen LogP contribution is -2.50. The molecule has 168 valence electrons. The van der Waals surface area contributed by atoms with Gasteiger partial charge in [0.2, 0.25) is 0 Å². The maximum absolute atomic E-state index is 13.1. The normalized spacial score (nSPS) is 17.4. The first kappa shape index (κ1) is 22.5. The predicted molar refractivity (Wildman–Crippen MR) is 111 cm³/mol. The number of hydrogen-bond acceptors (Lipinski definition) is 7. The summed E-state index contributed by atoms with van der Waals surface area (Å²) in [5, 5.41) is 2.88. The van der Waals surface area contributed by atoms with Gasteiger partial charge in [-0.25, -0.2) is 9.59 Å². The number of nitrogens with one attached hydrogen (secondary N) is 1. The van der Waals surface area contributed by atoms with Crippen molar-refractivity contribution in [3.8, 4) is 11.5 Å². The van der Waals surface area contributed by atoms with Crippen LogP contribution in [0.5, 0.6) is 11.5 Å². The van der Waals surface area contributed by atoms with Crippen LogP contribution in [-0.2, 0) is 25.6 Å². The molecular formula is C22H28N2O7. The third-order valence-corrected chi connectivity index (χ3v) is 5.65. The van der Waals surface area contributed by atoms with E-state index in [-0.39, 0.29) is 19.1 Å². The molecule has 1 saturated heterocycles. The van der Waals surface area contributed by atoms with Gasteiger partial charge in [-0.3, -0.25) is 4.79 Å². The first-order valence-electron chi connectivity index (χ1n) is 10.2. The second-order valence-corrected chi connectivity index (χ2v) is 7.44. The highest BCUT2D eigenvalue weighted by Crippen LogP contribution is 2.41. The Morgan fingerprint density at radius 3 is 2.45 bits per heavy atom. The van der Waals surface area contributed by atoms with Gasteiger partial charge >= 0.3 is 12.1 Å². The van der Waals surface area contributed by atoms with E-state index >= 15 is 0 Å². The molecule has 2 amide bonds. The fourth-order valence-corrected chi connectivity index (χ4v) is 4.00. The lowest BCUT2D eigenvalue weighted by atomic mass is 9.83. The van der Waals surface area contributed by atoms with E-state index in [1.807, 2.05) is 6.07 Å². The molecule has 2 aliphatic heterocycles. The number of methoxy groups -OCH3 is 2. The molecule has 0 radical (unpaired) electrons. The van der Waals surface area contributed by atoms with E-state index in [1.165, 1.54) is 0 Å². The second kappa shape index (κ2) is 9.28. The summed E-state index contributed by atoms with van der Waals surface area (Å²) < 4.78 is 21.2. The summed E-state index contributed by atoms with van der Waals surface area (Å²) in [6.07, 6.45) is 0.281. The third-order valence-electron chi connectivity index (χ3n) is 5.65. The average Bonchev–Trinajstić information content (AvgIpc) is 3.01. The van der Waals surface area contributed by atoms with Gasteiger partial charge < -0.3 is 29.2 Å². The number of esters is 1. The molecule has 2 heterocycles. The number of benzene rings is 1. The van der Waals surface area contributed by atoms with Gasteiger partial charge in [-0.1, -0.05) is 6.07 Å². The Kier molecular flexibility index (Phi) is 6.72. The molecule has 1 aromatic rings. The molecule has 1 N–H and O–H groups in total. The number of carbonyl (C=O) groups is 3. The Hall–Kier alpha value is -3.23. The van der Waals surface area contributed by atoms with E-state index < -0.39 is 17.7 Å². The maximum Gasteiger partial charge on any atom is 0.409 e. The fourth-order valence-electron chi connectivity index (χ4n) is 4.00. The monoisotopic (exact) mass is 432 g/mol. The summed E-state index contributed by atoms with van der Waals surface area (Å²) in [4.78, 5) is 38.9. The van der Waals surface area contributed by atoms with Crippen LogP contribution in [-0.4, -0.2) is 62.4 Å². The molecule has 0 atom stereocenters. The van der Waals surface area contributed by atoms with Crippen LogP contribution >= 0.6 is 0 Å².